The molecule has 0 saturated heterocycles. The van der Waals surface area contributed by atoms with Gasteiger partial charge in [0.25, 0.3) is 0 Å². The van der Waals surface area contributed by atoms with Gasteiger partial charge in [0.1, 0.15) is 11.5 Å². The number of phenols is 1. The molecule has 0 fully saturated rings. The first-order chi connectivity index (χ1) is 9.19. The molecule has 0 saturated carbocycles. The molecule has 2 aromatic carbocycles. The quantitative estimate of drug-likeness (QED) is 0.850. The van der Waals surface area contributed by atoms with Gasteiger partial charge in [0.2, 0.25) is 0 Å². The Hall–Kier alpha value is -2.00. The van der Waals surface area contributed by atoms with E-state index in [0.29, 0.717) is 17.2 Å². The molecule has 0 radical (unpaired) electrons. The molecule has 0 aliphatic rings. The summed E-state index contributed by atoms with van der Waals surface area (Å²) in [5.74, 6) is 0.964. The predicted molar refractivity (Wildman–Crippen MR) is 78.0 cm³/mol. The van der Waals surface area contributed by atoms with Gasteiger partial charge >= 0.3 is 0 Å². The van der Waals surface area contributed by atoms with E-state index in [1.54, 1.807) is 24.4 Å². The number of ether oxygens (including phenoxy) is 1. The van der Waals surface area contributed by atoms with E-state index in [1.165, 1.54) is 0 Å². The van der Waals surface area contributed by atoms with Gasteiger partial charge in [-0.1, -0.05) is 11.6 Å². The SMILES string of the molecule is CCOc1ccc(N=Cc2cc(Cl)ccc2O)cc1. The fourth-order valence-electron chi connectivity index (χ4n) is 1.57. The average molecular weight is 276 g/mol. The van der Waals surface area contributed by atoms with Crippen molar-refractivity contribution in [1.29, 1.82) is 0 Å². The van der Waals surface area contributed by atoms with Gasteiger partial charge < -0.3 is 9.84 Å². The Morgan fingerprint density at radius 2 is 1.95 bits per heavy atom. The molecule has 0 heterocycles. The van der Waals surface area contributed by atoms with Gasteiger partial charge in [-0.25, -0.2) is 0 Å². The molecule has 0 aliphatic carbocycles. The number of halogens is 1. The lowest BCUT2D eigenvalue weighted by Crippen LogP contribution is -1.89. The van der Waals surface area contributed by atoms with Crippen molar-refractivity contribution in [1.82, 2.24) is 0 Å². The Balaban J connectivity index is 2.15. The van der Waals surface area contributed by atoms with E-state index >= 15 is 0 Å². The van der Waals surface area contributed by atoms with Crippen LogP contribution in [-0.4, -0.2) is 17.9 Å². The zero-order valence-corrected chi connectivity index (χ0v) is 11.3. The lowest BCUT2D eigenvalue weighted by atomic mass is 10.2. The van der Waals surface area contributed by atoms with Crippen LogP contribution in [-0.2, 0) is 0 Å². The van der Waals surface area contributed by atoms with Crippen molar-refractivity contribution in [3.05, 3.63) is 53.1 Å². The Labute approximate surface area is 117 Å². The largest absolute Gasteiger partial charge is 0.507 e. The van der Waals surface area contributed by atoms with Gasteiger partial charge in [-0.05, 0) is 49.4 Å². The van der Waals surface area contributed by atoms with Crippen LogP contribution in [0.3, 0.4) is 0 Å². The molecule has 0 aliphatic heterocycles. The van der Waals surface area contributed by atoms with Crippen LogP contribution >= 0.6 is 11.6 Å². The summed E-state index contributed by atoms with van der Waals surface area (Å²) in [4.78, 5) is 4.28. The first kappa shape index (κ1) is 13.4. The number of hydrogen-bond donors (Lipinski definition) is 1. The maximum absolute atomic E-state index is 9.66. The number of aromatic hydroxyl groups is 1. The Kier molecular flexibility index (Phi) is 4.42. The highest BCUT2D eigenvalue weighted by atomic mass is 35.5. The molecule has 0 atom stereocenters. The molecule has 3 nitrogen and oxygen atoms in total. The molecule has 0 unspecified atom stereocenters. The van der Waals surface area contributed by atoms with E-state index in [9.17, 15) is 5.11 Å². The molecule has 0 amide bonds. The summed E-state index contributed by atoms with van der Waals surface area (Å²) in [7, 11) is 0. The molecule has 19 heavy (non-hydrogen) atoms. The summed E-state index contributed by atoms with van der Waals surface area (Å²) >= 11 is 5.86. The van der Waals surface area contributed by atoms with E-state index in [1.807, 2.05) is 31.2 Å². The van der Waals surface area contributed by atoms with Crippen LogP contribution in [0.15, 0.2) is 47.5 Å². The summed E-state index contributed by atoms with van der Waals surface area (Å²) in [6, 6.07) is 12.2. The molecular weight excluding hydrogens is 262 g/mol. The van der Waals surface area contributed by atoms with Gasteiger partial charge in [0, 0.05) is 16.8 Å². The molecule has 1 N–H and O–H groups in total. The lowest BCUT2D eigenvalue weighted by Gasteiger charge is -2.02. The zero-order valence-electron chi connectivity index (χ0n) is 10.5. The minimum absolute atomic E-state index is 0.152. The van der Waals surface area contributed by atoms with E-state index in [-0.39, 0.29) is 5.75 Å². The van der Waals surface area contributed by atoms with Crippen molar-refractivity contribution >= 4 is 23.5 Å². The normalized spacial score (nSPS) is 10.8. The number of aliphatic imine (C=N–C) groups is 1. The van der Waals surface area contributed by atoms with Crippen molar-refractivity contribution in [2.75, 3.05) is 6.61 Å². The highest BCUT2D eigenvalue weighted by molar-refractivity contribution is 6.30. The summed E-state index contributed by atoms with van der Waals surface area (Å²) in [5, 5.41) is 10.2. The van der Waals surface area contributed by atoms with E-state index in [4.69, 9.17) is 16.3 Å². The van der Waals surface area contributed by atoms with Crippen LogP contribution in [0.4, 0.5) is 5.69 Å². The van der Waals surface area contributed by atoms with Crippen molar-refractivity contribution < 1.29 is 9.84 Å². The smallest absolute Gasteiger partial charge is 0.124 e. The summed E-state index contributed by atoms with van der Waals surface area (Å²) in [6.45, 7) is 2.58. The first-order valence-corrected chi connectivity index (χ1v) is 6.32. The van der Waals surface area contributed by atoms with Crippen LogP contribution in [0.2, 0.25) is 5.02 Å². The van der Waals surface area contributed by atoms with Crippen LogP contribution < -0.4 is 4.74 Å². The fraction of sp³-hybridized carbons (Fsp3) is 0.133. The predicted octanol–water partition coefficient (Wildman–Crippen LogP) is 4.19. The van der Waals surface area contributed by atoms with Gasteiger partial charge in [0.05, 0.1) is 12.3 Å². The fourth-order valence-corrected chi connectivity index (χ4v) is 1.75. The minimum atomic E-state index is 0.152. The maximum Gasteiger partial charge on any atom is 0.124 e. The topological polar surface area (TPSA) is 41.8 Å². The van der Waals surface area contributed by atoms with Gasteiger partial charge in [-0.3, -0.25) is 4.99 Å². The third kappa shape index (κ3) is 3.73. The van der Waals surface area contributed by atoms with Gasteiger partial charge in [-0.15, -0.1) is 0 Å². The second-order valence-corrected chi connectivity index (χ2v) is 4.32. The second-order valence-electron chi connectivity index (χ2n) is 3.89. The standard InChI is InChI=1S/C15H14ClNO2/c1-2-19-14-6-4-13(5-7-14)17-10-11-9-12(16)3-8-15(11)18/h3-10,18H,2H2,1H3. The average Bonchev–Trinajstić information content (AvgIpc) is 2.42. The Morgan fingerprint density at radius 1 is 1.21 bits per heavy atom. The Bertz CT molecular complexity index is 579. The molecular formula is C15H14ClNO2. The summed E-state index contributed by atoms with van der Waals surface area (Å²) in [5.41, 5.74) is 1.37. The molecule has 2 rings (SSSR count). The number of hydrogen-bond acceptors (Lipinski definition) is 3. The minimum Gasteiger partial charge on any atom is -0.507 e. The highest BCUT2D eigenvalue weighted by Gasteiger charge is 1.99. The monoisotopic (exact) mass is 275 g/mol. The third-order valence-electron chi connectivity index (χ3n) is 2.49. The molecule has 98 valence electrons. The van der Waals surface area contributed by atoms with E-state index in [2.05, 4.69) is 4.99 Å². The van der Waals surface area contributed by atoms with Crippen LogP contribution in [0, 0.1) is 0 Å². The number of rotatable bonds is 4. The Morgan fingerprint density at radius 3 is 2.63 bits per heavy atom. The summed E-state index contributed by atoms with van der Waals surface area (Å²) in [6.07, 6.45) is 1.58. The van der Waals surface area contributed by atoms with Crippen molar-refractivity contribution in [3.8, 4) is 11.5 Å². The third-order valence-corrected chi connectivity index (χ3v) is 2.73. The first-order valence-electron chi connectivity index (χ1n) is 5.94. The van der Waals surface area contributed by atoms with E-state index < -0.39 is 0 Å². The molecule has 0 bridgehead atoms. The van der Waals surface area contributed by atoms with E-state index in [0.717, 1.165) is 11.4 Å². The number of phenolic OH excluding ortho intramolecular Hbond substituents is 1. The van der Waals surface area contributed by atoms with Crippen molar-refractivity contribution in [2.24, 2.45) is 4.99 Å². The number of benzene rings is 2. The number of nitrogens with zero attached hydrogens (tertiary/aromatic N) is 1. The molecule has 4 heteroatoms. The van der Waals surface area contributed by atoms with Crippen LogP contribution in [0.5, 0.6) is 11.5 Å². The lowest BCUT2D eigenvalue weighted by molar-refractivity contribution is 0.340. The zero-order chi connectivity index (χ0) is 13.7. The summed E-state index contributed by atoms with van der Waals surface area (Å²) < 4.78 is 5.35. The van der Waals surface area contributed by atoms with Gasteiger partial charge in [-0.2, -0.15) is 0 Å². The van der Waals surface area contributed by atoms with Crippen molar-refractivity contribution in [3.63, 3.8) is 0 Å². The van der Waals surface area contributed by atoms with Gasteiger partial charge in [0.15, 0.2) is 0 Å². The van der Waals surface area contributed by atoms with Crippen LogP contribution in [0.25, 0.3) is 0 Å². The molecule has 0 aromatic heterocycles. The second kappa shape index (κ2) is 6.25. The van der Waals surface area contributed by atoms with Crippen LogP contribution in [0.1, 0.15) is 12.5 Å². The molecule has 2 aromatic rings. The maximum atomic E-state index is 9.66. The highest BCUT2D eigenvalue weighted by Crippen LogP contribution is 2.22. The van der Waals surface area contributed by atoms with Crippen molar-refractivity contribution in [2.45, 2.75) is 6.92 Å². The molecule has 0 spiro atoms.